The molecule has 0 saturated carbocycles. The predicted molar refractivity (Wildman–Crippen MR) is 42.2 cm³/mol. The maximum atomic E-state index is 10.5. The molecule has 5 nitrogen and oxygen atoms in total. The Balaban J connectivity index is 3.24. The summed E-state index contributed by atoms with van der Waals surface area (Å²) in [4.78, 5) is 5.24. The van der Waals surface area contributed by atoms with E-state index in [0.717, 1.165) is 19.3 Å². The van der Waals surface area contributed by atoms with Crippen molar-refractivity contribution < 1.29 is 9.09 Å². The standard InChI is InChI=1S/C5H11N3O2P/c1-2-3-4-5-10-11(9)8-7-6/h2-5H2,1H3/q+1. The molecule has 0 saturated heterocycles. The SMILES string of the molecule is CCCCCO[P+](=O)N=[N+]=[N-]. The summed E-state index contributed by atoms with van der Waals surface area (Å²) in [6.07, 6.45) is 2.99. The van der Waals surface area contributed by atoms with Crippen LogP contribution in [0.5, 0.6) is 0 Å². The van der Waals surface area contributed by atoms with Crippen molar-refractivity contribution in [2.75, 3.05) is 6.61 Å². The van der Waals surface area contributed by atoms with Crippen LogP contribution >= 0.6 is 8.18 Å². The molecule has 0 amide bonds. The summed E-state index contributed by atoms with van der Waals surface area (Å²) in [6.45, 7) is 2.47. The van der Waals surface area contributed by atoms with Gasteiger partial charge in [0.05, 0.1) is 0 Å². The lowest BCUT2D eigenvalue weighted by atomic mass is 10.3. The lowest BCUT2D eigenvalue weighted by molar-refractivity contribution is 0.318. The third kappa shape index (κ3) is 7.26. The fraction of sp³-hybridized carbons (Fsp3) is 1.00. The zero-order valence-corrected chi connectivity index (χ0v) is 7.33. The van der Waals surface area contributed by atoms with Crippen LogP contribution in [0.1, 0.15) is 26.2 Å². The van der Waals surface area contributed by atoms with Crippen molar-refractivity contribution >= 4 is 8.18 Å². The van der Waals surface area contributed by atoms with Crippen LogP contribution in [-0.2, 0) is 9.09 Å². The van der Waals surface area contributed by atoms with Crippen LogP contribution in [-0.4, -0.2) is 6.61 Å². The highest BCUT2D eigenvalue weighted by Gasteiger charge is 2.13. The molecule has 0 aliphatic rings. The minimum absolute atomic E-state index is 0.405. The largest absolute Gasteiger partial charge is 0.639 e. The molecular weight excluding hydrogens is 165 g/mol. The van der Waals surface area contributed by atoms with E-state index >= 15 is 0 Å². The van der Waals surface area contributed by atoms with Crippen molar-refractivity contribution in [2.24, 2.45) is 4.88 Å². The summed E-state index contributed by atoms with van der Waals surface area (Å²) in [5, 5.41) is 0. The smallest absolute Gasteiger partial charge is 0.135 e. The highest BCUT2D eigenvalue weighted by atomic mass is 31.1. The Bertz CT molecular complexity index is 167. The van der Waals surface area contributed by atoms with Crippen molar-refractivity contribution in [2.45, 2.75) is 26.2 Å². The molecular formula is C5H11N3O2P+. The van der Waals surface area contributed by atoms with E-state index in [1.54, 1.807) is 0 Å². The van der Waals surface area contributed by atoms with Gasteiger partial charge in [-0.1, -0.05) is 19.8 Å². The molecule has 0 rings (SSSR count). The first-order valence-corrected chi connectivity index (χ1v) is 4.59. The maximum absolute atomic E-state index is 10.5. The lowest BCUT2D eigenvalue weighted by Crippen LogP contribution is -1.84. The second-order valence-corrected chi connectivity index (χ2v) is 2.87. The number of hydrogen-bond donors (Lipinski definition) is 0. The zero-order valence-electron chi connectivity index (χ0n) is 6.43. The van der Waals surface area contributed by atoms with Gasteiger partial charge in [0, 0.05) is 10.4 Å². The summed E-state index contributed by atoms with van der Waals surface area (Å²) in [5.41, 5.74) is 7.83. The van der Waals surface area contributed by atoms with Crippen LogP contribution in [0.2, 0.25) is 0 Å². The second-order valence-electron chi connectivity index (χ2n) is 1.96. The van der Waals surface area contributed by atoms with Gasteiger partial charge < -0.3 is 0 Å². The van der Waals surface area contributed by atoms with Crippen molar-refractivity contribution in [1.29, 1.82) is 0 Å². The molecule has 0 aromatic carbocycles. The van der Waals surface area contributed by atoms with Crippen LogP contribution in [0, 0.1) is 0 Å². The number of hydrogen-bond acceptors (Lipinski definition) is 2. The van der Waals surface area contributed by atoms with Crippen molar-refractivity contribution in [3.05, 3.63) is 10.4 Å². The first-order valence-electron chi connectivity index (χ1n) is 3.46. The van der Waals surface area contributed by atoms with E-state index in [-0.39, 0.29) is 0 Å². The summed E-state index contributed by atoms with van der Waals surface area (Å²) < 4.78 is 15.2. The molecule has 0 radical (unpaired) electrons. The van der Waals surface area contributed by atoms with Crippen LogP contribution in [0.25, 0.3) is 10.4 Å². The molecule has 0 bridgehead atoms. The quantitative estimate of drug-likeness (QED) is 0.205. The molecule has 0 heterocycles. The summed E-state index contributed by atoms with van der Waals surface area (Å²) in [7, 11) is -2.14. The molecule has 0 fully saturated rings. The molecule has 0 spiro atoms. The predicted octanol–water partition coefficient (Wildman–Crippen LogP) is 3.16. The fourth-order valence-electron chi connectivity index (χ4n) is 0.553. The number of rotatable bonds is 6. The number of nitrogens with zero attached hydrogens (tertiary/aromatic N) is 3. The van der Waals surface area contributed by atoms with Gasteiger partial charge in [0.2, 0.25) is 0 Å². The molecule has 1 unspecified atom stereocenters. The summed E-state index contributed by atoms with van der Waals surface area (Å²) >= 11 is 0. The minimum Gasteiger partial charge on any atom is -0.135 e. The van der Waals surface area contributed by atoms with Gasteiger partial charge in [-0.3, -0.25) is 0 Å². The molecule has 62 valence electrons. The maximum Gasteiger partial charge on any atom is 0.639 e. The highest BCUT2D eigenvalue weighted by molar-refractivity contribution is 7.37. The van der Waals surface area contributed by atoms with Crippen molar-refractivity contribution in [1.82, 2.24) is 0 Å². The van der Waals surface area contributed by atoms with Gasteiger partial charge in [-0.2, -0.15) is 0 Å². The average molecular weight is 176 g/mol. The fourth-order valence-corrected chi connectivity index (χ4v) is 0.955. The first kappa shape index (κ1) is 10.4. The van der Waals surface area contributed by atoms with E-state index in [1.807, 2.05) is 0 Å². The molecule has 11 heavy (non-hydrogen) atoms. The van der Waals surface area contributed by atoms with E-state index in [4.69, 9.17) is 5.53 Å². The Morgan fingerprint density at radius 3 is 2.91 bits per heavy atom. The minimum atomic E-state index is -2.14. The molecule has 6 heteroatoms. The van der Waals surface area contributed by atoms with Crippen molar-refractivity contribution in [3.63, 3.8) is 0 Å². The highest BCUT2D eigenvalue weighted by Crippen LogP contribution is 2.23. The van der Waals surface area contributed by atoms with Gasteiger partial charge >= 0.3 is 8.18 Å². The van der Waals surface area contributed by atoms with E-state index in [0.29, 0.717) is 6.61 Å². The van der Waals surface area contributed by atoms with Gasteiger partial charge in [-0.15, -0.1) is 4.52 Å². The van der Waals surface area contributed by atoms with Gasteiger partial charge in [0.15, 0.2) is 4.88 Å². The van der Waals surface area contributed by atoms with Gasteiger partial charge in [-0.25, -0.2) is 0 Å². The van der Waals surface area contributed by atoms with Gasteiger partial charge in [-0.05, 0) is 11.0 Å². The van der Waals surface area contributed by atoms with E-state index in [9.17, 15) is 4.57 Å². The van der Waals surface area contributed by atoms with Gasteiger partial charge in [0.1, 0.15) is 6.61 Å². The average Bonchev–Trinajstić information content (AvgIpc) is 1.99. The van der Waals surface area contributed by atoms with Crippen LogP contribution in [0.4, 0.5) is 0 Å². The Kier molecular flexibility index (Phi) is 7.05. The monoisotopic (exact) mass is 176 g/mol. The second kappa shape index (κ2) is 7.48. The normalized spacial score (nSPS) is 10.5. The summed E-state index contributed by atoms with van der Waals surface area (Å²) in [6, 6.07) is 0. The van der Waals surface area contributed by atoms with Crippen LogP contribution < -0.4 is 0 Å². The molecule has 0 aliphatic carbocycles. The van der Waals surface area contributed by atoms with E-state index in [1.165, 1.54) is 0 Å². The molecule has 0 aromatic heterocycles. The van der Waals surface area contributed by atoms with Crippen LogP contribution in [0.3, 0.4) is 0 Å². The third-order valence-corrected chi connectivity index (χ3v) is 1.69. The molecule has 1 atom stereocenters. The third-order valence-electron chi connectivity index (χ3n) is 1.06. The number of azide groups is 1. The van der Waals surface area contributed by atoms with Gasteiger partial charge in [0.25, 0.3) is 0 Å². The first-order chi connectivity index (χ1) is 5.31. The molecule has 0 N–H and O–H groups in total. The zero-order chi connectivity index (χ0) is 8.53. The van der Waals surface area contributed by atoms with Crippen LogP contribution in [0.15, 0.2) is 4.88 Å². The topological polar surface area (TPSA) is 75.1 Å². The Morgan fingerprint density at radius 1 is 1.64 bits per heavy atom. The Morgan fingerprint density at radius 2 is 2.36 bits per heavy atom. The Hall–Kier alpha value is -0.630. The van der Waals surface area contributed by atoms with Crippen molar-refractivity contribution in [3.8, 4) is 0 Å². The lowest BCUT2D eigenvalue weighted by Gasteiger charge is -1.88. The molecule has 0 aliphatic heterocycles. The summed E-state index contributed by atoms with van der Waals surface area (Å²) in [5.74, 6) is 0. The molecule has 0 aromatic rings. The van der Waals surface area contributed by atoms with E-state index in [2.05, 4.69) is 21.2 Å². The number of unbranched alkanes of at least 4 members (excludes halogenated alkanes) is 2. The Labute approximate surface area is 66.3 Å². The van der Waals surface area contributed by atoms with E-state index < -0.39 is 8.18 Å².